The summed E-state index contributed by atoms with van der Waals surface area (Å²) in [6.07, 6.45) is 3.71. The summed E-state index contributed by atoms with van der Waals surface area (Å²) in [6.45, 7) is 3.34. The molecule has 1 atom stereocenters. The maximum atomic E-state index is 10.9. The van der Waals surface area contributed by atoms with Gasteiger partial charge in [-0.25, -0.2) is 4.79 Å². The van der Waals surface area contributed by atoms with Crippen LogP contribution in [0.15, 0.2) is 12.2 Å². The second-order valence-electron chi connectivity index (χ2n) is 3.23. The van der Waals surface area contributed by atoms with Crippen molar-refractivity contribution < 1.29 is 19.4 Å². The van der Waals surface area contributed by atoms with Crippen molar-refractivity contribution in [2.75, 3.05) is 33.5 Å². The Kier molecular flexibility index (Phi) is 10.00. The van der Waals surface area contributed by atoms with Gasteiger partial charge in [0, 0.05) is 32.4 Å². The second kappa shape index (κ2) is 10.6. The number of carbonyl (C=O) groups excluding carboxylic acids is 1. The van der Waals surface area contributed by atoms with E-state index in [2.05, 4.69) is 5.32 Å². The van der Waals surface area contributed by atoms with Gasteiger partial charge in [-0.15, -0.1) is 0 Å². The quantitative estimate of drug-likeness (QED) is 0.435. The van der Waals surface area contributed by atoms with Gasteiger partial charge in [0.15, 0.2) is 0 Å². The van der Waals surface area contributed by atoms with E-state index in [9.17, 15) is 4.79 Å². The van der Waals surface area contributed by atoms with Crippen molar-refractivity contribution in [1.82, 2.24) is 5.32 Å². The Morgan fingerprint density at radius 3 is 2.88 bits per heavy atom. The van der Waals surface area contributed by atoms with E-state index in [1.54, 1.807) is 20.1 Å². The molecule has 0 aliphatic carbocycles. The smallest absolute Gasteiger partial charge is 0.330 e. The molecular weight excluding hydrogens is 210 g/mol. The maximum Gasteiger partial charge on any atom is 0.330 e. The third-order valence-corrected chi connectivity index (χ3v) is 1.91. The topological polar surface area (TPSA) is 67.8 Å². The Hall–Kier alpha value is -0.910. The van der Waals surface area contributed by atoms with Crippen molar-refractivity contribution in [3.05, 3.63) is 12.2 Å². The average molecular weight is 231 g/mol. The fourth-order valence-electron chi connectivity index (χ4n) is 1.18. The molecule has 0 aromatic heterocycles. The molecule has 5 nitrogen and oxygen atoms in total. The van der Waals surface area contributed by atoms with Crippen molar-refractivity contribution in [1.29, 1.82) is 0 Å². The lowest BCUT2D eigenvalue weighted by Gasteiger charge is -2.15. The minimum absolute atomic E-state index is 0.0989. The highest BCUT2D eigenvalue weighted by molar-refractivity contribution is 5.81. The Labute approximate surface area is 96.4 Å². The van der Waals surface area contributed by atoms with Gasteiger partial charge in [-0.3, -0.25) is 0 Å². The first-order chi connectivity index (χ1) is 7.74. The van der Waals surface area contributed by atoms with Crippen LogP contribution < -0.4 is 5.32 Å². The van der Waals surface area contributed by atoms with Crippen LogP contribution in [0.2, 0.25) is 0 Å². The molecule has 5 heteroatoms. The molecule has 0 radical (unpaired) electrons. The molecular formula is C11H21NO4. The zero-order valence-electron chi connectivity index (χ0n) is 9.94. The predicted octanol–water partition coefficient (Wildman–Crippen LogP) is 0.0927. The summed E-state index contributed by atoms with van der Waals surface area (Å²) in [5.41, 5.74) is 0. The van der Waals surface area contributed by atoms with Crippen LogP contribution in [-0.2, 0) is 14.3 Å². The van der Waals surface area contributed by atoms with Crippen molar-refractivity contribution >= 4 is 5.97 Å². The highest BCUT2D eigenvalue weighted by Gasteiger charge is 2.05. The fourth-order valence-corrected chi connectivity index (χ4v) is 1.18. The van der Waals surface area contributed by atoms with Gasteiger partial charge in [0.2, 0.25) is 0 Å². The normalized spacial score (nSPS) is 12.9. The third kappa shape index (κ3) is 8.40. The monoisotopic (exact) mass is 231 g/mol. The molecule has 2 N–H and O–H groups in total. The standard InChI is InChI=1S/C11H21NO4/c1-3-16-11(14)5-4-7-12-10(6-8-13)9-15-2/h4-5,10,12-13H,3,6-9H2,1-2H3/b5-4+. The molecule has 0 fully saturated rings. The Balaban J connectivity index is 3.71. The summed E-state index contributed by atoms with van der Waals surface area (Å²) in [6, 6.07) is 0.0989. The zero-order valence-corrected chi connectivity index (χ0v) is 9.94. The first-order valence-corrected chi connectivity index (χ1v) is 5.41. The summed E-state index contributed by atoms with van der Waals surface area (Å²) < 4.78 is 9.71. The molecule has 0 heterocycles. The Morgan fingerprint density at radius 1 is 1.56 bits per heavy atom. The van der Waals surface area contributed by atoms with E-state index < -0.39 is 0 Å². The number of hydrogen-bond donors (Lipinski definition) is 2. The van der Waals surface area contributed by atoms with Gasteiger partial charge in [-0.1, -0.05) is 6.08 Å². The number of esters is 1. The molecule has 0 saturated carbocycles. The third-order valence-electron chi connectivity index (χ3n) is 1.91. The van der Waals surface area contributed by atoms with E-state index in [4.69, 9.17) is 14.6 Å². The number of hydrogen-bond acceptors (Lipinski definition) is 5. The number of ether oxygens (including phenoxy) is 2. The molecule has 1 unspecified atom stereocenters. The molecule has 94 valence electrons. The summed E-state index contributed by atoms with van der Waals surface area (Å²) in [5, 5.41) is 11.9. The lowest BCUT2D eigenvalue weighted by molar-refractivity contribution is -0.137. The zero-order chi connectivity index (χ0) is 12.2. The van der Waals surface area contributed by atoms with Gasteiger partial charge in [0.1, 0.15) is 0 Å². The maximum absolute atomic E-state index is 10.9. The molecule has 0 amide bonds. The molecule has 0 aromatic carbocycles. The molecule has 0 aliphatic heterocycles. The van der Waals surface area contributed by atoms with E-state index in [0.717, 1.165) is 0 Å². The predicted molar refractivity (Wildman–Crippen MR) is 61.1 cm³/mol. The molecule has 0 aromatic rings. The van der Waals surface area contributed by atoms with Gasteiger partial charge in [-0.05, 0) is 13.3 Å². The summed E-state index contributed by atoms with van der Waals surface area (Å²) in [4.78, 5) is 10.9. The summed E-state index contributed by atoms with van der Waals surface area (Å²) >= 11 is 0. The van der Waals surface area contributed by atoms with E-state index in [1.165, 1.54) is 6.08 Å². The number of aliphatic hydroxyl groups excluding tert-OH is 1. The van der Waals surface area contributed by atoms with Crippen molar-refractivity contribution in [2.24, 2.45) is 0 Å². The van der Waals surface area contributed by atoms with E-state index in [0.29, 0.717) is 26.2 Å². The van der Waals surface area contributed by atoms with Gasteiger partial charge in [-0.2, -0.15) is 0 Å². The van der Waals surface area contributed by atoms with E-state index in [1.807, 2.05) is 0 Å². The van der Waals surface area contributed by atoms with Crippen molar-refractivity contribution in [3.8, 4) is 0 Å². The minimum atomic E-state index is -0.338. The fraction of sp³-hybridized carbons (Fsp3) is 0.727. The molecule has 0 aliphatic rings. The average Bonchev–Trinajstić information content (AvgIpc) is 2.25. The molecule has 16 heavy (non-hydrogen) atoms. The first-order valence-electron chi connectivity index (χ1n) is 5.41. The number of rotatable bonds is 9. The van der Waals surface area contributed by atoms with Gasteiger partial charge >= 0.3 is 5.97 Å². The van der Waals surface area contributed by atoms with Gasteiger partial charge in [0.05, 0.1) is 13.2 Å². The number of aliphatic hydroxyl groups is 1. The first kappa shape index (κ1) is 15.1. The van der Waals surface area contributed by atoms with Gasteiger partial charge < -0.3 is 19.9 Å². The largest absolute Gasteiger partial charge is 0.463 e. The van der Waals surface area contributed by atoms with Crippen LogP contribution in [-0.4, -0.2) is 50.6 Å². The lowest BCUT2D eigenvalue weighted by atomic mass is 10.2. The Bertz CT molecular complexity index is 200. The van der Waals surface area contributed by atoms with Crippen LogP contribution in [0.3, 0.4) is 0 Å². The number of carbonyl (C=O) groups is 1. The number of nitrogens with one attached hydrogen (secondary N) is 1. The highest BCUT2D eigenvalue weighted by Crippen LogP contribution is 1.91. The van der Waals surface area contributed by atoms with E-state index >= 15 is 0 Å². The summed E-state index contributed by atoms with van der Waals surface area (Å²) in [5.74, 6) is -0.338. The van der Waals surface area contributed by atoms with Crippen molar-refractivity contribution in [3.63, 3.8) is 0 Å². The van der Waals surface area contributed by atoms with Crippen LogP contribution in [0.25, 0.3) is 0 Å². The number of methoxy groups -OCH3 is 1. The van der Waals surface area contributed by atoms with Crippen molar-refractivity contribution in [2.45, 2.75) is 19.4 Å². The highest BCUT2D eigenvalue weighted by atomic mass is 16.5. The minimum Gasteiger partial charge on any atom is -0.463 e. The molecule has 0 rings (SSSR count). The van der Waals surface area contributed by atoms with Crippen LogP contribution in [0, 0.1) is 0 Å². The van der Waals surface area contributed by atoms with Gasteiger partial charge in [0.25, 0.3) is 0 Å². The molecule has 0 bridgehead atoms. The second-order valence-corrected chi connectivity index (χ2v) is 3.23. The SMILES string of the molecule is CCOC(=O)/C=C/CNC(CCO)COC. The van der Waals surface area contributed by atoms with Crippen LogP contribution in [0.5, 0.6) is 0 Å². The molecule has 0 saturated heterocycles. The van der Waals surface area contributed by atoms with Crippen LogP contribution in [0.4, 0.5) is 0 Å². The van der Waals surface area contributed by atoms with Crippen LogP contribution >= 0.6 is 0 Å². The molecule has 0 spiro atoms. The Morgan fingerprint density at radius 2 is 2.31 bits per heavy atom. The lowest BCUT2D eigenvalue weighted by Crippen LogP contribution is -2.34. The summed E-state index contributed by atoms with van der Waals surface area (Å²) in [7, 11) is 1.61. The van der Waals surface area contributed by atoms with E-state index in [-0.39, 0.29) is 18.6 Å². The van der Waals surface area contributed by atoms with Crippen LogP contribution in [0.1, 0.15) is 13.3 Å².